The Morgan fingerprint density at radius 2 is 2.00 bits per heavy atom. The monoisotopic (exact) mass is 407 g/mol. The van der Waals surface area contributed by atoms with Crippen LogP contribution in [0.2, 0.25) is 0 Å². The first-order valence-corrected chi connectivity index (χ1v) is 11.2. The number of piperidine rings is 2. The fourth-order valence-corrected chi connectivity index (χ4v) is 6.08. The standard InChI is InChI=1S/C25H30FN3O/c1-18-16-25(12-14-28(18)17-19-7-3-2-4-8-19)23-22(11-6-13-27-23)24(30)29(25)21-10-5-9-20(26)15-21/h2-5,7-10,15,18,22-23,27H,6,11-14,16-17H2,1H3/t18-,22?,23?,25+/m0/s1. The summed E-state index contributed by atoms with van der Waals surface area (Å²) in [5.74, 6) is -0.121. The lowest BCUT2D eigenvalue weighted by molar-refractivity contribution is -0.121. The first kappa shape index (κ1) is 19.7. The summed E-state index contributed by atoms with van der Waals surface area (Å²) < 4.78 is 14.1. The Hall–Kier alpha value is -2.24. The molecule has 158 valence electrons. The van der Waals surface area contributed by atoms with Crippen LogP contribution >= 0.6 is 0 Å². The quantitative estimate of drug-likeness (QED) is 0.837. The number of likely N-dealkylation sites (tertiary alicyclic amines) is 1. The molecular weight excluding hydrogens is 377 g/mol. The van der Waals surface area contributed by atoms with Crippen LogP contribution in [0.1, 0.15) is 38.2 Å². The van der Waals surface area contributed by atoms with E-state index < -0.39 is 0 Å². The number of nitrogens with one attached hydrogen (secondary N) is 1. The van der Waals surface area contributed by atoms with Crippen LogP contribution in [-0.2, 0) is 11.3 Å². The second-order valence-electron chi connectivity index (χ2n) is 9.20. The summed E-state index contributed by atoms with van der Waals surface area (Å²) in [6, 6.07) is 17.6. The van der Waals surface area contributed by atoms with Gasteiger partial charge in [-0.1, -0.05) is 36.4 Å². The van der Waals surface area contributed by atoms with Crippen LogP contribution in [0, 0.1) is 11.7 Å². The molecule has 3 aliphatic heterocycles. The predicted octanol–water partition coefficient (Wildman–Crippen LogP) is 3.96. The van der Waals surface area contributed by atoms with Crippen LogP contribution in [0.5, 0.6) is 0 Å². The van der Waals surface area contributed by atoms with Gasteiger partial charge >= 0.3 is 0 Å². The van der Waals surface area contributed by atoms with Gasteiger partial charge in [-0.05, 0) is 62.9 Å². The minimum atomic E-state index is -0.289. The molecule has 1 N–H and O–H groups in total. The highest BCUT2D eigenvalue weighted by molar-refractivity contribution is 6.00. The van der Waals surface area contributed by atoms with E-state index in [-0.39, 0.29) is 29.2 Å². The van der Waals surface area contributed by atoms with Crippen molar-refractivity contribution < 1.29 is 9.18 Å². The van der Waals surface area contributed by atoms with E-state index in [0.29, 0.717) is 11.7 Å². The normalized spacial score (nSPS) is 31.9. The third-order valence-electron chi connectivity index (χ3n) is 7.42. The molecule has 0 aliphatic carbocycles. The maximum atomic E-state index is 14.1. The zero-order valence-electron chi connectivity index (χ0n) is 17.6. The smallest absolute Gasteiger partial charge is 0.232 e. The van der Waals surface area contributed by atoms with Crippen molar-refractivity contribution in [2.75, 3.05) is 18.0 Å². The lowest BCUT2D eigenvalue weighted by Crippen LogP contribution is -2.64. The number of hydrogen-bond donors (Lipinski definition) is 1. The number of halogens is 1. The van der Waals surface area contributed by atoms with E-state index in [2.05, 4.69) is 41.4 Å². The highest BCUT2D eigenvalue weighted by atomic mass is 19.1. The Balaban J connectivity index is 1.47. The van der Waals surface area contributed by atoms with Crippen molar-refractivity contribution in [1.82, 2.24) is 10.2 Å². The molecule has 0 radical (unpaired) electrons. The van der Waals surface area contributed by atoms with Crippen molar-refractivity contribution in [1.29, 1.82) is 0 Å². The van der Waals surface area contributed by atoms with Gasteiger partial charge in [0.25, 0.3) is 0 Å². The molecule has 5 rings (SSSR count). The SMILES string of the molecule is C[C@H]1C[C@]2(CCN1Cc1ccccc1)C1NCCCC1C(=O)N2c1cccc(F)c1. The maximum absolute atomic E-state index is 14.1. The average Bonchev–Trinajstić information content (AvgIpc) is 2.99. The van der Waals surface area contributed by atoms with E-state index in [9.17, 15) is 9.18 Å². The largest absolute Gasteiger partial charge is 0.311 e. The van der Waals surface area contributed by atoms with Gasteiger partial charge in [0.2, 0.25) is 5.91 Å². The van der Waals surface area contributed by atoms with Crippen molar-refractivity contribution in [2.24, 2.45) is 5.92 Å². The highest BCUT2D eigenvalue weighted by Crippen LogP contribution is 2.48. The molecule has 0 aromatic heterocycles. The zero-order chi connectivity index (χ0) is 20.7. The van der Waals surface area contributed by atoms with Gasteiger partial charge in [-0.3, -0.25) is 9.69 Å². The summed E-state index contributed by atoms with van der Waals surface area (Å²) >= 11 is 0. The molecule has 0 bridgehead atoms. The highest BCUT2D eigenvalue weighted by Gasteiger charge is 2.60. The Kier molecular flexibility index (Phi) is 5.11. The number of amides is 1. The Morgan fingerprint density at radius 1 is 1.17 bits per heavy atom. The van der Waals surface area contributed by atoms with E-state index in [1.54, 1.807) is 6.07 Å². The molecule has 1 spiro atoms. The Bertz CT molecular complexity index is 920. The van der Waals surface area contributed by atoms with Gasteiger partial charge in [0, 0.05) is 30.9 Å². The summed E-state index contributed by atoms with van der Waals surface area (Å²) in [5, 5.41) is 3.70. The molecule has 2 aromatic carbocycles. The zero-order valence-corrected chi connectivity index (χ0v) is 17.6. The topological polar surface area (TPSA) is 35.6 Å². The molecular formula is C25H30FN3O. The number of nitrogens with zero attached hydrogens (tertiary/aromatic N) is 2. The van der Waals surface area contributed by atoms with Gasteiger partial charge in [-0.25, -0.2) is 4.39 Å². The molecule has 4 atom stereocenters. The number of fused-ring (bicyclic) bond motifs is 2. The van der Waals surface area contributed by atoms with Crippen molar-refractivity contribution in [3.8, 4) is 0 Å². The Labute approximate surface area is 178 Å². The summed E-state index contributed by atoms with van der Waals surface area (Å²) in [5.41, 5.74) is 1.74. The number of anilines is 1. The first-order chi connectivity index (χ1) is 14.6. The van der Waals surface area contributed by atoms with E-state index in [0.717, 1.165) is 45.3 Å². The van der Waals surface area contributed by atoms with Crippen LogP contribution in [-0.4, -0.2) is 41.5 Å². The van der Waals surface area contributed by atoms with Crippen molar-refractivity contribution in [3.63, 3.8) is 0 Å². The van der Waals surface area contributed by atoms with Crippen LogP contribution < -0.4 is 10.2 Å². The molecule has 3 aliphatic rings. The third kappa shape index (κ3) is 3.25. The molecule has 0 saturated carbocycles. The number of carbonyl (C=O) groups excluding carboxylic acids is 1. The number of hydrogen-bond acceptors (Lipinski definition) is 3. The molecule has 2 aromatic rings. The number of benzene rings is 2. The average molecular weight is 408 g/mol. The van der Waals surface area contributed by atoms with Crippen molar-refractivity contribution in [2.45, 2.75) is 56.8 Å². The molecule has 30 heavy (non-hydrogen) atoms. The van der Waals surface area contributed by atoms with Crippen LogP contribution in [0.4, 0.5) is 10.1 Å². The number of carbonyl (C=O) groups is 1. The fraction of sp³-hybridized carbons (Fsp3) is 0.480. The number of rotatable bonds is 3. The molecule has 3 heterocycles. The van der Waals surface area contributed by atoms with E-state index in [4.69, 9.17) is 0 Å². The van der Waals surface area contributed by atoms with Crippen LogP contribution in [0.15, 0.2) is 54.6 Å². The maximum Gasteiger partial charge on any atom is 0.232 e. The molecule has 1 amide bonds. The fourth-order valence-electron chi connectivity index (χ4n) is 6.08. The summed E-state index contributed by atoms with van der Waals surface area (Å²) in [6.45, 7) is 5.08. The summed E-state index contributed by atoms with van der Waals surface area (Å²) in [4.78, 5) is 18.0. The second kappa shape index (κ2) is 7.78. The van der Waals surface area contributed by atoms with Crippen LogP contribution in [0.3, 0.4) is 0 Å². The van der Waals surface area contributed by atoms with Gasteiger partial charge in [-0.2, -0.15) is 0 Å². The molecule has 3 fully saturated rings. The molecule has 2 unspecified atom stereocenters. The predicted molar refractivity (Wildman–Crippen MR) is 117 cm³/mol. The lowest BCUT2D eigenvalue weighted by atomic mass is 9.73. The summed E-state index contributed by atoms with van der Waals surface area (Å²) in [6.07, 6.45) is 3.75. The minimum Gasteiger partial charge on any atom is -0.311 e. The van der Waals surface area contributed by atoms with Gasteiger partial charge in [0.05, 0.1) is 11.5 Å². The van der Waals surface area contributed by atoms with E-state index in [1.165, 1.54) is 17.7 Å². The second-order valence-corrected chi connectivity index (χ2v) is 9.20. The third-order valence-corrected chi connectivity index (χ3v) is 7.42. The molecule has 4 nitrogen and oxygen atoms in total. The van der Waals surface area contributed by atoms with Gasteiger partial charge < -0.3 is 10.2 Å². The Morgan fingerprint density at radius 3 is 2.77 bits per heavy atom. The molecule has 5 heteroatoms. The summed E-state index contributed by atoms with van der Waals surface area (Å²) in [7, 11) is 0. The van der Waals surface area contributed by atoms with E-state index >= 15 is 0 Å². The van der Waals surface area contributed by atoms with Gasteiger partial charge in [0.1, 0.15) is 5.82 Å². The molecule has 3 saturated heterocycles. The first-order valence-electron chi connectivity index (χ1n) is 11.2. The van der Waals surface area contributed by atoms with Crippen molar-refractivity contribution in [3.05, 3.63) is 66.0 Å². The van der Waals surface area contributed by atoms with Crippen LogP contribution in [0.25, 0.3) is 0 Å². The van der Waals surface area contributed by atoms with Crippen molar-refractivity contribution >= 4 is 11.6 Å². The van der Waals surface area contributed by atoms with Gasteiger partial charge in [0.15, 0.2) is 0 Å². The minimum absolute atomic E-state index is 0.00473. The lowest BCUT2D eigenvalue weighted by Gasteiger charge is -2.51. The van der Waals surface area contributed by atoms with E-state index in [1.807, 2.05) is 17.0 Å². The van der Waals surface area contributed by atoms with Gasteiger partial charge in [-0.15, -0.1) is 0 Å².